The molecule has 1 aromatic carbocycles. The van der Waals surface area contributed by atoms with Crippen LogP contribution in [0.2, 0.25) is 0 Å². The summed E-state index contributed by atoms with van der Waals surface area (Å²) >= 11 is 0.681. The number of hydrogen-bond donors (Lipinski definition) is 1. The number of imide groups is 1. The van der Waals surface area contributed by atoms with Crippen LogP contribution in [-0.2, 0) is 9.59 Å². The van der Waals surface area contributed by atoms with Crippen molar-refractivity contribution in [1.29, 1.82) is 0 Å². The third-order valence-corrected chi connectivity index (χ3v) is 6.33. The molecule has 1 aliphatic rings. The summed E-state index contributed by atoms with van der Waals surface area (Å²) < 4.78 is 12.8. The van der Waals surface area contributed by atoms with Crippen LogP contribution in [-0.4, -0.2) is 50.3 Å². The Labute approximate surface area is 161 Å². The topological polar surface area (TPSA) is 88.5 Å². The monoisotopic (exact) mass is 396 g/mol. The molecule has 0 bridgehead atoms. The maximum absolute atomic E-state index is 13.5. The van der Waals surface area contributed by atoms with Gasteiger partial charge in [-0.2, -0.15) is 9.28 Å². The lowest BCUT2D eigenvalue weighted by molar-refractivity contribution is -0.794. The first-order valence-electron chi connectivity index (χ1n) is 8.74. The van der Waals surface area contributed by atoms with Gasteiger partial charge in [-0.15, -0.1) is 0 Å². The first kappa shape index (κ1) is 21.2. The number of Topliss-reactive ketones (excluding diaryl/α,β-unsaturated/α-hetero) is 1. The number of thioether (sulfide) groups is 1. The van der Waals surface area contributed by atoms with Gasteiger partial charge in [-0.3, -0.25) is 9.59 Å². The maximum Gasteiger partial charge on any atom is 0.521 e. The SMILES string of the molecule is CC(=O)S[C@H](C(=O)c1cccc(F)c1)C(C)C(=O)[N@+]1(C(=O)O)CCCC1C. The fraction of sp³-hybridized carbons (Fsp3) is 0.474. The minimum absolute atomic E-state index is 0.0461. The Morgan fingerprint density at radius 2 is 1.96 bits per heavy atom. The summed E-state index contributed by atoms with van der Waals surface area (Å²) in [6.45, 7) is 4.60. The summed E-state index contributed by atoms with van der Waals surface area (Å²) in [6.07, 6.45) is -0.0665. The van der Waals surface area contributed by atoms with Gasteiger partial charge in [0.25, 0.3) is 0 Å². The molecule has 0 spiro atoms. The van der Waals surface area contributed by atoms with Gasteiger partial charge >= 0.3 is 12.0 Å². The molecule has 1 heterocycles. The van der Waals surface area contributed by atoms with Gasteiger partial charge in [0.05, 0.1) is 17.7 Å². The second-order valence-electron chi connectivity index (χ2n) is 6.90. The van der Waals surface area contributed by atoms with Crippen LogP contribution in [0.4, 0.5) is 9.18 Å². The standard InChI is InChI=1S/C19H22FNO5S/c1-11-6-5-9-21(11,19(25)26)18(24)12(2)17(27-13(3)22)16(23)14-7-4-8-15(20)10-14/h4,7-8,10-12,17H,5-6,9H2,1-3H3/p+1/t11?,12?,17-,21-/m0/s1. The largest absolute Gasteiger partial charge is 0.521 e. The van der Waals surface area contributed by atoms with Crippen LogP contribution in [0.1, 0.15) is 44.0 Å². The van der Waals surface area contributed by atoms with E-state index in [9.17, 15) is 28.7 Å². The second kappa shape index (κ2) is 8.31. The average molecular weight is 396 g/mol. The van der Waals surface area contributed by atoms with Crippen molar-refractivity contribution in [3.05, 3.63) is 35.6 Å². The van der Waals surface area contributed by atoms with Gasteiger partial charge in [0.2, 0.25) is 0 Å². The number of carbonyl (C=O) groups excluding carboxylic acids is 3. The maximum atomic E-state index is 13.5. The normalized spacial score (nSPS) is 24.2. The predicted molar refractivity (Wildman–Crippen MR) is 98.8 cm³/mol. The molecular formula is C19H23FNO5S+. The Hall–Kier alpha value is -2.06. The van der Waals surface area contributed by atoms with E-state index >= 15 is 0 Å². The Kier molecular flexibility index (Phi) is 6.54. The summed E-state index contributed by atoms with van der Waals surface area (Å²) in [7, 11) is 0. The zero-order valence-corrected chi connectivity index (χ0v) is 16.3. The van der Waals surface area contributed by atoms with E-state index in [-0.39, 0.29) is 17.2 Å². The first-order valence-corrected chi connectivity index (χ1v) is 9.62. The number of carbonyl (C=O) groups is 4. The van der Waals surface area contributed by atoms with Crippen LogP contribution < -0.4 is 0 Å². The van der Waals surface area contributed by atoms with Crippen molar-refractivity contribution in [3.63, 3.8) is 0 Å². The van der Waals surface area contributed by atoms with Crippen molar-refractivity contribution >= 4 is 34.7 Å². The van der Waals surface area contributed by atoms with Crippen molar-refractivity contribution in [2.45, 2.75) is 44.9 Å². The van der Waals surface area contributed by atoms with E-state index < -0.39 is 45.3 Å². The fourth-order valence-corrected chi connectivity index (χ4v) is 4.56. The van der Waals surface area contributed by atoms with Crippen LogP contribution >= 0.6 is 11.8 Å². The molecule has 146 valence electrons. The lowest BCUT2D eigenvalue weighted by Crippen LogP contribution is -2.61. The highest BCUT2D eigenvalue weighted by Gasteiger charge is 2.56. The van der Waals surface area contributed by atoms with Crippen molar-refractivity contribution in [2.24, 2.45) is 5.92 Å². The molecule has 0 aliphatic carbocycles. The number of benzene rings is 1. The predicted octanol–water partition coefficient (Wildman–Crippen LogP) is 3.50. The molecule has 2 amide bonds. The summed E-state index contributed by atoms with van der Waals surface area (Å²) in [5, 5.41) is 8.27. The molecule has 1 saturated heterocycles. The highest BCUT2D eigenvalue weighted by Crippen LogP contribution is 2.34. The molecule has 1 aliphatic heterocycles. The number of hydrogen-bond acceptors (Lipinski definition) is 5. The van der Waals surface area contributed by atoms with Crippen LogP contribution in [0.15, 0.2) is 24.3 Å². The number of rotatable bonds is 5. The van der Waals surface area contributed by atoms with E-state index in [1.165, 1.54) is 32.0 Å². The third kappa shape index (κ3) is 4.11. The van der Waals surface area contributed by atoms with E-state index in [2.05, 4.69) is 0 Å². The van der Waals surface area contributed by atoms with E-state index in [4.69, 9.17) is 0 Å². The average Bonchev–Trinajstić information content (AvgIpc) is 3.00. The summed E-state index contributed by atoms with van der Waals surface area (Å²) in [5.41, 5.74) is 0.0461. The number of ketones is 1. The van der Waals surface area contributed by atoms with Crippen molar-refractivity contribution < 1.29 is 33.2 Å². The number of quaternary nitrogens is 1. The van der Waals surface area contributed by atoms with Crippen LogP contribution in [0, 0.1) is 11.7 Å². The molecule has 1 N–H and O–H groups in total. The molecule has 4 atom stereocenters. The quantitative estimate of drug-likeness (QED) is 0.605. The Balaban J connectivity index is 2.40. The van der Waals surface area contributed by atoms with Gasteiger partial charge in [0, 0.05) is 25.3 Å². The number of carboxylic acid groups (broad SMARTS) is 1. The lowest BCUT2D eigenvalue weighted by Gasteiger charge is -2.33. The molecule has 0 saturated carbocycles. The summed E-state index contributed by atoms with van der Waals surface area (Å²) in [4.78, 5) is 49.7. The first-order chi connectivity index (χ1) is 12.6. The van der Waals surface area contributed by atoms with Gasteiger partial charge in [0.15, 0.2) is 10.9 Å². The molecule has 8 heteroatoms. The second-order valence-corrected chi connectivity index (χ2v) is 8.22. The van der Waals surface area contributed by atoms with E-state index in [1.54, 1.807) is 6.92 Å². The van der Waals surface area contributed by atoms with Crippen LogP contribution in [0.5, 0.6) is 0 Å². The zero-order chi connectivity index (χ0) is 20.4. The van der Waals surface area contributed by atoms with Gasteiger partial charge in [-0.25, -0.2) is 9.18 Å². The Morgan fingerprint density at radius 3 is 2.44 bits per heavy atom. The highest BCUT2D eigenvalue weighted by atomic mass is 32.2. The molecular weight excluding hydrogens is 373 g/mol. The van der Waals surface area contributed by atoms with Gasteiger partial charge in [-0.1, -0.05) is 23.9 Å². The number of amides is 2. The number of likely N-dealkylation sites (tertiary alicyclic amines) is 1. The van der Waals surface area contributed by atoms with Crippen molar-refractivity contribution in [1.82, 2.24) is 0 Å². The highest BCUT2D eigenvalue weighted by molar-refractivity contribution is 8.14. The molecule has 6 nitrogen and oxygen atoms in total. The summed E-state index contributed by atoms with van der Waals surface area (Å²) in [6, 6.07) is 4.61. The smallest absolute Gasteiger partial charge is 0.435 e. The fourth-order valence-electron chi connectivity index (χ4n) is 3.64. The minimum atomic E-state index is -1.25. The Bertz CT molecular complexity index is 783. The van der Waals surface area contributed by atoms with Crippen LogP contribution in [0.25, 0.3) is 0 Å². The van der Waals surface area contributed by atoms with E-state index in [1.807, 2.05) is 0 Å². The van der Waals surface area contributed by atoms with Gasteiger partial charge in [-0.05, 0) is 26.0 Å². The van der Waals surface area contributed by atoms with Gasteiger partial charge in [0.1, 0.15) is 11.9 Å². The molecule has 2 unspecified atom stereocenters. The molecule has 0 radical (unpaired) electrons. The van der Waals surface area contributed by atoms with Crippen molar-refractivity contribution in [2.75, 3.05) is 6.54 Å². The molecule has 27 heavy (non-hydrogen) atoms. The lowest BCUT2D eigenvalue weighted by atomic mass is 9.96. The van der Waals surface area contributed by atoms with Crippen LogP contribution in [0.3, 0.4) is 0 Å². The molecule has 1 fully saturated rings. The minimum Gasteiger partial charge on any atom is -0.435 e. The zero-order valence-electron chi connectivity index (χ0n) is 15.5. The number of halogens is 1. The number of nitrogens with zero attached hydrogens (tertiary/aromatic N) is 1. The third-order valence-electron chi connectivity index (χ3n) is 5.12. The summed E-state index contributed by atoms with van der Waals surface area (Å²) in [5.74, 6) is -2.79. The van der Waals surface area contributed by atoms with E-state index in [0.717, 1.165) is 6.07 Å². The van der Waals surface area contributed by atoms with E-state index in [0.29, 0.717) is 24.6 Å². The molecule has 0 aromatic heterocycles. The Morgan fingerprint density at radius 1 is 1.30 bits per heavy atom. The molecule has 1 aromatic rings. The van der Waals surface area contributed by atoms with Gasteiger partial charge < -0.3 is 5.11 Å². The molecule has 2 rings (SSSR count). The van der Waals surface area contributed by atoms with Crippen molar-refractivity contribution in [3.8, 4) is 0 Å².